The summed E-state index contributed by atoms with van der Waals surface area (Å²) >= 11 is 0. The molecular formula is C30H23N3O. The van der Waals surface area contributed by atoms with Crippen LogP contribution >= 0.6 is 0 Å². The van der Waals surface area contributed by atoms with E-state index in [0.717, 1.165) is 56.0 Å². The molecule has 0 aliphatic carbocycles. The van der Waals surface area contributed by atoms with Crippen molar-refractivity contribution in [2.24, 2.45) is 9.98 Å². The van der Waals surface area contributed by atoms with Gasteiger partial charge in [0.25, 0.3) is 0 Å². The molecule has 2 heterocycles. The summed E-state index contributed by atoms with van der Waals surface area (Å²) in [5, 5.41) is 2.23. The standard InChI is InChI=1S/C30H23N3O/c1-19-11-13-20(14-12-19)27-23-7-3-5-9-25(23)29(31-27)33-30-26-10-6-4-8-24(26)28(32-30)21-15-17-22(34-2)18-16-21/h3-18,31H,1-2H3. The molecule has 0 saturated carbocycles. The highest BCUT2D eigenvalue weighted by Gasteiger charge is 2.23. The molecule has 5 aromatic rings. The van der Waals surface area contributed by atoms with Crippen molar-refractivity contribution in [2.45, 2.75) is 6.92 Å². The van der Waals surface area contributed by atoms with Gasteiger partial charge >= 0.3 is 0 Å². The second-order valence-electron chi connectivity index (χ2n) is 8.43. The topological polar surface area (TPSA) is 49.7 Å². The van der Waals surface area contributed by atoms with Crippen LogP contribution in [0.25, 0.3) is 22.0 Å². The summed E-state index contributed by atoms with van der Waals surface area (Å²) in [5.74, 6) is 2.35. The summed E-state index contributed by atoms with van der Waals surface area (Å²) in [6.45, 7) is 2.10. The number of hydrogen-bond acceptors (Lipinski definition) is 2. The largest absolute Gasteiger partial charge is 0.497 e. The SMILES string of the molecule is COc1ccc(C2=NC(=Nc3[nH]c(-c4ccc(C)cc4)c4ccccc34)c3ccccc32)cc1. The molecule has 4 heteroatoms. The first-order valence-electron chi connectivity index (χ1n) is 11.3. The number of hydrogen-bond donors (Lipinski definition) is 1. The van der Waals surface area contributed by atoms with Gasteiger partial charge in [0.05, 0.1) is 18.5 Å². The van der Waals surface area contributed by atoms with E-state index in [9.17, 15) is 0 Å². The molecule has 0 spiro atoms. The Labute approximate surface area is 198 Å². The van der Waals surface area contributed by atoms with Crippen LogP contribution in [-0.2, 0) is 0 Å². The average Bonchev–Trinajstić information content (AvgIpc) is 3.44. The van der Waals surface area contributed by atoms with Crippen molar-refractivity contribution in [3.8, 4) is 17.0 Å². The Morgan fingerprint density at radius 1 is 0.706 bits per heavy atom. The number of methoxy groups -OCH3 is 1. The van der Waals surface area contributed by atoms with E-state index in [4.69, 9.17) is 14.7 Å². The number of aromatic amines is 1. The molecule has 6 rings (SSSR count). The van der Waals surface area contributed by atoms with Crippen molar-refractivity contribution in [1.82, 2.24) is 4.98 Å². The molecule has 0 amide bonds. The molecule has 0 unspecified atom stereocenters. The van der Waals surface area contributed by atoms with E-state index in [1.807, 2.05) is 42.5 Å². The zero-order valence-electron chi connectivity index (χ0n) is 19.0. The van der Waals surface area contributed by atoms with Crippen LogP contribution in [0.2, 0.25) is 0 Å². The highest BCUT2D eigenvalue weighted by atomic mass is 16.5. The molecule has 1 N–H and O–H groups in total. The number of H-pyrrole nitrogens is 1. The fourth-order valence-electron chi connectivity index (χ4n) is 4.47. The first-order valence-corrected chi connectivity index (χ1v) is 11.3. The molecule has 1 aromatic heterocycles. The minimum atomic E-state index is 0.712. The maximum Gasteiger partial charge on any atom is 0.162 e. The molecule has 1 aliphatic heterocycles. The maximum atomic E-state index is 5.32. The number of aryl methyl sites for hydroxylation is 1. The number of nitrogens with zero attached hydrogens (tertiary/aromatic N) is 2. The smallest absolute Gasteiger partial charge is 0.162 e. The van der Waals surface area contributed by atoms with Crippen LogP contribution in [-0.4, -0.2) is 23.6 Å². The summed E-state index contributed by atoms with van der Waals surface area (Å²) in [6, 6.07) is 33.2. The van der Waals surface area contributed by atoms with Crippen molar-refractivity contribution in [1.29, 1.82) is 0 Å². The number of aliphatic imine (C=N–C) groups is 2. The fourth-order valence-corrected chi connectivity index (χ4v) is 4.47. The van der Waals surface area contributed by atoms with E-state index >= 15 is 0 Å². The van der Waals surface area contributed by atoms with Crippen LogP contribution < -0.4 is 4.74 Å². The fraction of sp³-hybridized carbons (Fsp3) is 0.0667. The van der Waals surface area contributed by atoms with Gasteiger partial charge in [-0.3, -0.25) is 0 Å². The second kappa shape index (κ2) is 8.16. The Bertz CT molecular complexity index is 1570. The zero-order chi connectivity index (χ0) is 23.1. The average molecular weight is 442 g/mol. The minimum absolute atomic E-state index is 0.712. The Hall–Kier alpha value is -4.44. The third-order valence-electron chi connectivity index (χ3n) is 6.26. The number of amidine groups is 1. The van der Waals surface area contributed by atoms with Crippen molar-refractivity contribution >= 4 is 28.1 Å². The van der Waals surface area contributed by atoms with Gasteiger partial charge < -0.3 is 9.72 Å². The van der Waals surface area contributed by atoms with Gasteiger partial charge in [-0.1, -0.05) is 78.4 Å². The van der Waals surface area contributed by atoms with Crippen LogP contribution in [0.4, 0.5) is 5.82 Å². The van der Waals surface area contributed by atoms with Gasteiger partial charge in [-0.2, -0.15) is 0 Å². The maximum absolute atomic E-state index is 5.32. The van der Waals surface area contributed by atoms with Crippen LogP contribution in [0, 0.1) is 6.92 Å². The van der Waals surface area contributed by atoms with Gasteiger partial charge in [0.2, 0.25) is 0 Å². The highest BCUT2D eigenvalue weighted by Crippen LogP contribution is 2.36. The number of nitrogens with one attached hydrogen (secondary N) is 1. The van der Waals surface area contributed by atoms with Gasteiger partial charge in [0.15, 0.2) is 5.84 Å². The monoisotopic (exact) mass is 441 g/mol. The molecule has 4 aromatic carbocycles. The van der Waals surface area contributed by atoms with E-state index in [1.165, 1.54) is 5.56 Å². The first kappa shape index (κ1) is 20.2. The molecule has 34 heavy (non-hydrogen) atoms. The molecule has 4 nitrogen and oxygen atoms in total. The molecule has 0 bridgehead atoms. The normalized spacial score (nSPS) is 13.8. The Balaban J connectivity index is 1.50. The van der Waals surface area contributed by atoms with Crippen LogP contribution in [0.5, 0.6) is 5.75 Å². The van der Waals surface area contributed by atoms with Crippen molar-refractivity contribution in [3.63, 3.8) is 0 Å². The summed E-state index contributed by atoms with van der Waals surface area (Å²) in [6.07, 6.45) is 0. The lowest BCUT2D eigenvalue weighted by molar-refractivity contribution is 0.415. The van der Waals surface area contributed by atoms with Gasteiger partial charge in [0, 0.05) is 27.5 Å². The van der Waals surface area contributed by atoms with E-state index in [1.54, 1.807) is 7.11 Å². The summed E-state index contributed by atoms with van der Waals surface area (Å²) in [7, 11) is 1.67. The van der Waals surface area contributed by atoms with Crippen molar-refractivity contribution in [2.75, 3.05) is 7.11 Å². The number of benzene rings is 4. The number of rotatable bonds is 4. The van der Waals surface area contributed by atoms with E-state index < -0.39 is 0 Å². The van der Waals surface area contributed by atoms with Gasteiger partial charge in [0.1, 0.15) is 11.6 Å². The molecule has 164 valence electrons. The van der Waals surface area contributed by atoms with E-state index in [-0.39, 0.29) is 0 Å². The quantitative estimate of drug-likeness (QED) is 0.318. The molecular weight excluding hydrogens is 418 g/mol. The van der Waals surface area contributed by atoms with E-state index in [0.29, 0.717) is 5.84 Å². The zero-order valence-corrected chi connectivity index (χ0v) is 19.0. The summed E-state index contributed by atoms with van der Waals surface area (Å²) in [4.78, 5) is 13.6. The van der Waals surface area contributed by atoms with E-state index in [2.05, 4.69) is 66.5 Å². The Morgan fingerprint density at radius 3 is 2.09 bits per heavy atom. The number of fused-ring (bicyclic) bond motifs is 2. The minimum Gasteiger partial charge on any atom is -0.497 e. The highest BCUT2D eigenvalue weighted by molar-refractivity contribution is 6.29. The summed E-state index contributed by atoms with van der Waals surface area (Å²) < 4.78 is 5.32. The first-order chi connectivity index (χ1) is 16.7. The predicted octanol–water partition coefficient (Wildman–Crippen LogP) is 7.08. The van der Waals surface area contributed by atoms with Crippen LogP contribution in [0.1, 0.15) is 22.3 Å². The molecule has 0 saturated heterocycles. The lowest BCUT2D eigenvalue weighted by Gasteiger charge is -2.04. The predicted molar refractivity (Wildman–Crippen MR) is 140 cm³/mol. The third-order valence-corrected chi connectivity index (χ3v) is 6.26. The second-order valence-corrected chi connectivity index (χ2v) is 8.43. The summed E-state index contributed by atoms with van der Waals surface area (Å²) in [5.41, 5.74) is 7.53. The molecule has 0 atom stereocenters. The molecule has 1 aliphatic rings. The van der Waals surface area contributed by atoms with Gasteiger partial charge in [-0.25, -0.2) is 9.98 Å². The van der Waals surface area contributed by atoms with Crippen LogP contribution in [0.15, 0.2) is 107 Å². The van der Waals surface area contributed by atoms with Crippen LogP contribution in [0.3, 0.4) is 0 Å². The Morgan fingerprint density at radius 2 is 1.35 bits per heavy atom. The molecule has 0 fully saturated rings. The van der Waals surface area contributed by atoms with Gasteiger partial charge in [-0.15, -0.1) is 0 Å². The van der Waals surface area contributed by atoms with Crippen molar-refractivity contribution < 1.29 is 4.74 Å². The molecule has 0 radical (unpaired) electrons. The Kier molecular flexibility index (Phi) is 4.84. The lowest BCUT2D eigenvalue weighted by atomic mass is 10.00. The lowest BCUT2D eigenvalue weighted by Crippen LogP contribution is -2.00. The third kappa shape index (κ3) is 3.41. The number of aromatic nitrogens is 1. The van der Waals surface area contributed by atoms with Crippen molar-refractivity contribution in [3.05, 3.63) is 119 Å². The number of ether oxygens (including phenoxy) is 1. The van der Waals surface area contributed by atoms with Gasteiger partial charge in [-0.05, 0) is 36.8 Å².